The van der Waals surface area contributed by atoms with Crippen molar-refractivity contribution in [2.45, 2.75) is 39.2 Å². The fourth-order valence-electron chi connectivity index (χ4n) is 2.28. The van der Waals surface area contributed by atoms with Gasteiger partial charge < -0.3 is 16.0 Å². The van der Waals surface area contributed by atoms with Crippen LogP contribution in [0.1, 0.15) is 33.6 Å². The molecular weight excluding hydrogens is 202 g/mol. The third-order valence-corrected chi connectivity index (χ3v) is 3.53. The highest BCUT2D eigenvalue weighted by atomic mass is 16.1. The molecule has 1 rings (SSSR count). The zero-order valence-corrected chi connectivity index (χ0v) is 10.8. The topological polar surface area (TPSA) is 58.4 Å². The summed E-state index contributed by atoms with van der Waals surface area (Å²) >= 11 is 0. The van der Waals surface area contributed by atoms with Crippen molar-refractivity contribution in [2.24, 2.45) is 11.7 Å². The first-order chi connectivity index (χ1) is 7.48. The molecule has 1 atom stereocenters. The maximum atomic E-state index is 11.5. The van der Waals surface area contributed by atoms with Gasteiger partial charge in [0.1, 0.15) is 5.54 Å². The van der Waals surface area contributed by atoms with E-state index < -0.39 is 5.54 Å². The van der Waals surface area contributed by atoms with Crippen molar-refractivity contribution in [3.05, 3.63) is 0 Å². The summed E-state index contributed by atoms with van der Waals surface area (Å²) in [5.74, 6) is 0.559. The van der Waals surface area contributed by atoms with E-state index in [9.17, 15) is 4.79 Å². The molecular formula is C12H25N3O. The van der Waals surface area contributed by atoms with E-state index in [-0.39, 0.29) is 5.91 Å². The first-order valence-corrected chi connectivity index (χ1v) is 6.25. The Morgan fingerprint density at radius 3 is 2.50 bits per heavy atom. The van der Waals surface area contributed by atoms with Crippen LogP contribution < -0.4 is 11.1 Å². The van der Waals surface area contributed by atoms with Crippen molar-refractivity contribution in [2.75, 3.05) is 26.2 Å². The van der Waals surface area contributed by atoms with E-state index in [1.807, 2.05) is 13.8 Å². The summed E-state index contributed by atoms with van der Waals surface area (Å²) in [7, 11) is 0. The number of nitrogens with two attached hydrogens (primary N) is 1. The van der Waals surface area contributed by atoms with Crippen LogP contribution in [0.4, 0.5) is 0 Å². The van der Waals surface area contributed by atoms with Gasteiger partial charge in [-0.3, -0.25) is 4.79 Å². The summed E-state index contributed by atoms with van der Waals surface area (Å²) in [6, 6.07) is 0. The Kier molecular flexibility index (Phi) is 4.74. The number of carbonyl (C=O) groups is 1. The monoisotopic (exact) mass is 227 g/mol. The van der Waals surface area contributed by atoms with E-state index in [2.05, 4.69) is 17.1 Å². The van der Waals surface area contributed by atoms with E-state index in [1.54, 1.807) is 0 Å². The number of likely N-dealkylation sites (N-methyl/N-ethyl adjacent to an activating group) is 1. The summed E-state index contributed by atoms with van der Waals surface area (Å²) in [6.07, 6.45) is 2.45. The molecule has 1 heterocycles. The summed E-state index contributed by atoms with van der Waals surface area (Å²) < 4.78 is 0. The second kappa shape index (κ2) is 5.64. The van der Waals surface area contributed by atoms with E-state index in [0.29, 0.717) is 0 Å². The van der Waals surface area contributed by atoms with Crippen LogP contribution in [-0.4, -0.2) is 42.5 Å². The Hall–Kier alpha value is -0.610. The molecule has 0 bridgehead atoms. The summed E-state index contributed by atoms with van der Waals surface area (Å²) in [6.45, 7) is 9.84. The predicted octanol–water partition coefficient (Wildman–Crippen LogP) is 0.572. The normalized spacial score (nSPS) is 22.9. The number of carbonyl (C=O) groups excluding carboxylic acids is 1. The number of nitrogens with zero attached hydrogens (tertiary/aromatic N) is 1. The summed E-state index contributed by atoms with van der Waals surface area (Å²) in [5.41, 5.74) is 4.89. The molecule has 1 aliphatic rings. The average molecular weight is 227 g/mol. The van der Waals surface area contributed by atoms with Gasteiger partial charge in [0.05, 0.1) is 0 Å². The number of hydrogen-bond acceptors (Lipinski definition) is 3. The molecule has 0 radical (unpaired) electrons. The molecule has 0 aliphatic carbocycles. The molecule has 94 valence electrons. The van der Waals surface area contributed by atoms with E-state index in [4.69, 9.17) is 5.73 Å². The molecule has 1 fully saturated rings. The number of primary amides is 1. The van der Waals surface area contributed by atoms with Crippen molar-refractivity contribution >= 4 is 5.91 Å². The van der Waals surface area contributed by atoms with Gasteiger partial charge >= 0.3 is 0 Å². The highest BCUT2D eigenvalue weighted by Gasteiger charge is 2.33. The lowest BCUT2D eigenvalue weighted by atomic mass is 9.95. The maximum Gasteiger partial charge on any atom is 0.238 e. The number of amides is 1. The number of likely N-dealkylation sites (tertiary alicyclic amines) is 1. The lowest BCUT2D eigenvalue weighted by Crippen LogP contribution is -2.60. The van der Waals surface area contributed by atoms with E-state index in [0.717, 1.165) is 32.1 Å². The number of rotatable bonds is 5. The Morgan fingerprint density at radius 1 is 1.50 bits per heavy atom. The highest BCUT2D eigenvalue weighted by Crippen LogP contribution is 2.18. The fraction of sp³-hybridized carbons (Fsp3) is 0.917. The third kappa shape index (κ3) is 3.46. The molecule has 4 heteroatoms. The van der Waals surface area contributed by atoms with Crippen LogP contribution in [0, 0.1) is 5.92 Å². The molecule has 3 N–H and O–H groups in total. The molecule has 1 amide bonds. The van der Waals surface area contributed by atoms with Crippen LogP contribution in [0.5, 0.6) is 0 Å². The minimum absolute atomic E-state index is 0.257. The van der Waals surface area contributed by atoms with Crippen molar-refractivity contribution in [1.82, 2.24) is 10.2 Å². The number of hydrogen-bond donors (Lipinski definition) is 2. The van der Waals surface area contributed by atoms with Crippen molar-refractivity contribution < 1.29 is 4.79 Å². The molecule has 0 aromatic heterocycles. The van der Waals surface area contributed by atoms with Gasteiger partial charge in [-0.05, 0) is 45.3 Å². The molecule has 0 saturated carbocycles. The zero-order chi connectivity index (χ0) is 12.2. The molecule has 1 saturated heterocycles. The molecule has 16 heavy (non-hydrogen) atoms. The van der Waals surface area contributed by atoms with Crippen molar-refractivity contribution in [3.8, 4) is 0 Å². The van der Waals surface area contributed by atoms with Gasteiger partial charge in [0, 0.05) is 6.54 Å². The van der Waals surface area contributed by atoms with Crippen LogP contribution in [0.25, 0.3) is 0 Å². The molecule has 1 aliphatic heterocycles. The molecule has 0 aromatic rings. The number of piperidine rings is 1. The minimum atomic E-state index is -0.588. The highest BCUT2D eigenvalue weighted by molar-refractivity contribution is 5.84. The molecule has 0 aromatic carbocycles. The van der Waals surface area contributed by atoms with Crippen molar-refractivity contribution in [3.63, 3.8) is 0 Å². The number of nitrogens with one attached hydrogen (secondary N) is 1. The Balaban J connectivity index is 2.52. The van der Waals surface area contributed by atoms with Gasteiger partial charge in [-0.1, -0.05) is 13.8 Å². The molecule has 4 nitrogen and oxygen atoms in total. The average Bonchev–Trinajstić information content (AvgIpc) is 2.22. The minimum Gasteiger partial charge on any atom is -0.368 e. The smallest absolute Gasteiger partial charge is 0.238 e. The second-order valence-electron chi connectivity index (χ2n) is 5.19. The maximum absolute atomic E-state index is 11.5. The lowest BCUT2D eigenvalue weighted by Gasteiger charge is -2.37. The van der Waals surface area contributed by atoms with E-state index >= 15 is 0 Å². The first-order valence-electron chi connectivity index (χ1n) is 6.25. The lowest BCUT2D eigenvalue weighted by molar-refractivity contribution is -0.124. The summed E-state index contributed by atoms with van der Waals surface area (Å²) in [4.78, 5) is 13.8. The van der Waals surface area contributed by atoms with Gasteiger partial charge in [0.2, 0.25) is 5.91 Å². The first kappa shape index (κ1) is 13.5. The second-order valence-corrected chi connectivity index (χ2v) is 5.19. The molecule has 0 spiro atoms. The summed E-state index contributed by atoms with van der Waals surface area (Å²) in [5, 5.41) is 3.20. The van der Waals surface area contributed by atoms with Crippen molar-refractivity contribution in [1.29, 1.82) is 0 Å². The predicted molar refractivity (Wildman–Crippen MR) is 66.1 cm³/mol. The van der Waals surface area contributed by atoms with Gasteiger partial charge in [0.25, 0.3) is 0 Å². The largest absolute Gasteiger partial charge is 0.368 e. The Morgan fingerprint density at radius 2 is 2.06 bits per heavy atom. The zero-order valence-electron chi connectivity index (χ0n) is 10.8. The van der Waals surface area contributed by atoms with Crippen LogP contribution in [0.3, 0.4) is 0 Å². The van der Waals surface area contributed by atoms with E-state index in [1.165, 1.54) is 12.8 Å². The fourth-order valence-corrected chi connectivity index (χ4v) is 2.28. The van der Waals surface area contributed by atoms with Gasteiger partial charge in [-0.15, -0.1) is 0 Å². The third-order valence-electron chi connectivity index (χ3n) is 3.53. The SMILES string of the molecule is CCNC(C)(CN1CCC(C)CC1)C(N)=O. The van der Waals surface area contributed by atoms with Crippen LogP contribution in [0.15, 0.2) is 0 Å². The Labute approximate surface area is 98.6 Å². The van der Waals surface area contributed by atoms with Gasteiger partial charge in [-0.25, -0.2) is 0 Å². The van der Waals surface area contributed by atoms with Crippen LogP contribution >= 0.6 is 0 Å². The van der Waals surface area contributed by atoms with Gasteiger partial charge in [0.15, 0.2) is 0 Å². The molecule has 1 unspecified atom stereocenters. The standard InChI is InChI=1S/C12H25N3O/c1-4-14-12(3,11(13)16)9-15-7-5-10(2)6-8-15/h10,14H,4-9H2,1-3H3,(H2,13,16). The van der Waals surface area contributed by atoms with Crippen LogP contribution in [-0.2, 0) is 4.79 Å². The van der Waals surface area contributed by atoms with Gasteiger partial charge in [-0.2, -0.15) is 0 Å². The van der Waals surface area contributed by atoms with Crippen LogP contribution in [0.2, 0.25) is 0 Å². The Bertz CT molecular complexity index is 236. The quantitative estimate of drug-likeness (QED) is 0.722.